The van der Waals surface area contributed by atoms with Gasteiger partial charge in [-0.2, -0.15) is 0 Å². The van der Waals surface area contributed by atoms with Crippen molar-refractivity contribution in [2.45, 2.75) is 53.4 Å². The average Bonchev–Trinajstić information content (AvgIpc) is 2.39. The number of hydrogen-bond donors (Lipinski definition) is 0. The van der Waals surface area contributed by atoms with E-state index in [9.17, 15) is 20.4 Å². The standard InChI is InChI=1S/4C3H7O.V/c4*1-2-3-4;/h4*2-3H2,1H3;/q4*-1;+4. The fourth-order valence-electron chi connectivity index (χ4n) is 0. The van der Waals surface area contributed by atoms with Crippen LogP contribution in [0.4, 0.5) is 0 Å². The summed E-state index contributed by atoms with van der Waals surface area (Å²) in [5, 5.41) is 37.2. The molecule has 4 nitrogen and oxygen atoms in total. The van der Waals surface area contributed by atoms with Gasteiger partial charge in [0.15, 0.2) is 0 Å². The van der Waals surface area contributed by atoms with Crippen molar-refractivity contribution >= 4 is 0 Å². The van der Waals surface area contributed by atoms with Crippen molar-refractivity contribution in [1.82, 2.24) is 0 Å². The third-order valence-electron chi connectivity index (χ3n) is 0.816. The fourth-order valence-corrected chi connectivity index (χ4v) is 0. The number of rotatable bonds is 4. The topological polar surface area (TPSA) is 92.2 Å². The summed E-state index contributed by atoms with van der Waals surface area (Å²) in [4.78, 5) is 0. The number of hydrogen-bond acceptors (Lipinski definition) is 4. The molecule has 0 amide bonds. The van der Waals surface area contributed by atoms with E-state index in [0.717, 1.165) is 25.7 Å². The normalized spacial score (nSPS) is 7.06. The van der Waals surface area contributed by atoms with Crippen LogP contribution >= 0.6 is 0 Å². The zero-order valence-electron chi connectivity index (χ0n) is 11.7. The van der Waals surface area contributed by atoms with E-state index in [-0.39, 0.29) is 45.0 Å². The molecule has 0 fully saturated rings. The first-order valence-electron chi connectivity index (χ1n) is 5.98. The van der Waals surface area contributed by atoms with Gasteiger partial charge in [-0.3, -0.25) is 0 Å². The summed E-state index contributed by atoms with van der Waals surface area (Å²) in [5.74, 6) is 0. The Bertz CT molecular complexity index is 42.5. The van der Waals surface area contributed by atoms with Crippen molar-refractivity contribution in [3.63, 3.8) is 0 Å². The van der Waals surface area contributed by atoms with Crippen LogP contribution in [0.1, 0.15) is 53.4 Å². The first-order chi connectivity index (χ1) is 7.66. The maximum atomic E-state index is 9.30. The Balaban J connectivity index is -0.0000000369. The summed E-state index contributed by atoms with van der Waals surface area (Å²) in [5.41, 5.74) is 0. The summed E-state index contributed by atoms with van der Waals surface area (Å²) in [7, 11) is 0. The van der Waals surface area contributed by atoms with Gasteiger partial charge >= 0.3 is 18.6 Å². The van der Waals surface area contributed by atoms with Crippen LogP contribution in [0, 0.1) is 0 Å². The Morgan fingerprint density at radius 2 is 0.529 bits per heavy atom. The van der Waals surface area contributed by atoms with Gasteiger partial charge in [-0.15, -0.1) is 26.4 Å². The first kappa shape index (κ1) is 30.4. The van der Waals surface area contributed by atoms with Gasteiger partial charge in [-0.25, -0.2) is 0 Å². The smallest absolute Gasteiger partial charge is 0.854 e. The van der Waals surface area contributed by atoms with E-state index in [1.165, 1.54) is 0 Å². The summed E-state index contributed by atoms with van der Waals surface area (Å²) in [6, 6.07) is 0. The quantitative estimate of drug-likeness (QED) is 0.664. The Morgan fingerprint density at radius 1 is 0.471 bits per heavy atom. The Kier molecular flexibility index (Phi) is 98.6. The molecule has 0 aliphatic carbocycles. The van der Waals surface area contributed by atoms with E-state index in [4.69, 9.17) is 0 Å². The summed E-state index contributed by atoms with van der Waals surface area (Å²) in [6.45, 7) is 7.75. The molecule has 0 aliphatic rings. The van der Waals surface area contributed by atoms with Gasteiger partial charge in [0, 0.05) is 0 Å². The van der Waals surface area contributed by atoms with E-state index in [1.807, 2.05) is 27.7 Å². The Labute approximate surface area is 119 Å². The maximum absolute atomic E-state index is 9.30. The van der Waals surface area contributed by atoms with E-state index in [1.54, 1.807) is 0 Å². The van der Waals surface area contributed by atoms with E-state index < -0.39 is 0 Å². The van der Waals surface area contributed by atoms with Crippen LogP contribution in [-0.2, 0) is 18.6 Å². The van der Waals surface area contributed by atoms with Gasteiger partial charge < -0.3 is 20.4 Å². The molecule has 105 valence electrons. The average molecular weight is 287 g/mol. The molecule has 0 spiro atoms. The third kappa shape index (κ3) is 175. The molecule has 0 unspecified atom stereocenters. The molecule has 0 atom stereocenters. The van der Waals surface area contributed by atoms with Gasteiger partial charge in [0.1, 0.15) is 0 Å². The Morgan fingerprint density at radius 3 is 0.529 bits per heavy atom. The molecule has 0 aromatic carbocycles. The van der Waals surface area contributed by atoms with E-state index in [0.29, 0.717) is 0 Å². The second-order valence-electron chi connectivity index (χ2n) is 2.82. The van der Waals surface area contributed by atoms with E-state index in [2.05, 4.69) is 0 Å². The van der Waals surface area contributed by atoms with Crippen LogP contribution in [0.2, 0.25) is 0 Å². The molecule has 0 heterocycles. The predicted octanol–water partition coefficient (Wildman–Crippen LogP) is -0.976. The minimum absolute atomic E-state index is 0. The minimum atomic E-state index is 0. The molecule has 0 saturated carbocycles. The second kappa shape index (κ2) is 55.1. The van der Waals surface area contributed by atoms with Gasteiger partial charge in [0.2, 0.25) is 0 Å². The van der Waals surface area contributed by atoms with Crippen molar-refractivity contribution < 1.29 is 39.0 Å². The summed E-state index contributed by atoms with van der Waals surface area (Å²) >= 11 is 0. The molecule has 0 rings (SSSR count). The molecule has 0 aromatic rings. The van der Waals surface area contributed by atoms with Crippen molar-refractivity contribution in [3.8, 4) is 0 Å². The third-order valence-corrected chi connectivity index (χ3v) is 0.816. The van der Waals surface area contributed by atoms with Crippen LogP contribution in [0.15, 0.2) is 0 Å². The van der Waals surface area contributed by atoms with Gasteiger partial charge in [-0.1, -0.05) is 53.4 Å². The van der Waals surface area contributed by atoms with Crippen LogP contribution in [0.5, 0.6) is 0 Å². The minimum Gasteiger partial charge on any atom is -0.854 e. The first-order valence-corrected chi connectivity index (χ1v) is 5.98. The zero-order chi connectivity index (χ0) is 13.7. The molecular formula is C12H28O4V. The Hall–Kier alpha value is 0.424. The van der Waals surface area contributed by atoms with Crippen molar-refractivity contribution in [2.75, 3.05) is 26.4 Å². The molecule has 0 aliphatic heterocycles. The van der Waals surface area contributed by atoms with Crippen LogP contribution in [0.3, 0.4) is 0 Å². The van der Waals surface area contributed by atoms with Crippen LogP contribution in [-0.4, -0.2) is 26.4 Å². The largest absolute Gasteiger partial charge is 4.00 e. The molecule has 0 aromatic heterocycles. The van der Waals surface area contributed by atoms with Crippen molar-refractivity contribution in [3.05, 3.63) is 0 Å². The summed E-state index contributed by atoms with van der Waals surface area (Å²) < 4.78 is 0. The monoisotopic (exact) mass is 287 g/mol. The molecule has 1 radical (unpaired) electrons. The van der Waals surface area contributed by atoms with Gasteiger partial charge in [-0.05, 0) is 0 Å². The van der Waals surface area contributed by atoms with Crippen LogP contribution in [0.25, 0.3) is 0 Å². The molecule has 0 N–H and O–H groups in total. The predicted molar refractivity (Wildman–Crippen MR) is 60.6 cm³/mol. The van der Waals surface area contributed by atoms with Gasteiger partial charge in [0.05, 0.1) is 0 Å². The van der Waals surface area contributed by atoms with E-state index >= 15 is 0 Å². The SMILES string of the molecule is CCC[O-].CCC[O-].CCC[O-].CCC[O-].[V+4]. The van der Waals surface area contributed by atoms with Gasteiger partial charge in [0.25, 0.3) is 0 Å². The molecule has 0 bridgehead atoms. The maximum Gasteiger partial charge on any atom is 4.00 e. The molecule has 0 saturated heterocycles. The van der Waals surface area contributed by atoms with Crippen molar-refractivity contribution in [2.24, 2.45) is 0 Å². The molecule has 5 heteroatoms. The zero-order valence-corrected chi connectivity index (χ0v) is 13.1. The second-order valence-corrected chi connectivity index (χ2v) is 2.82. The van der Waals surface area contributed by atoms with Crippen LogP contribution < -0.4 is 20.4 Å². The molecular weight excluding hydrogens is 259 g/mol. The summed E-state index contributed by atoms with van der Waals surface area (Å²) in [6.07, 6.45) is 3.06. The van der Waals surface area contributed by atoms with Crippen molar-refractivity contribution in [1.29, 1.82) is 0 Å². The fraction of sp³-hybridized carbons (Fsp3) is 1.00. The molecule has 17 heavy (non-hydrogen) atoms.